The van der Waals surface area contributed by atoms with E-state index in [2.05, 4.69) is 60.9 Å². The minimum Gasteiger partial charge on any atom is -0.378 e. The molecule has 7 rings (SSSR count). The van der Waals surface area contributed by atoms with Crippen molar-refractivity contribution in [2.24, 2.45) is 0 Å². The number of hydrogen-bond acceptors (Lipinski definition) is 9. The molecule has 0 saturated carbocycles. The van der Waals surface area contributed by atoms with Gasteiger partial charge >= 0.3 is 0 Å². The number of rotatable bonds is 8. The van der Waals surface area contributed by atoms with Crippen molar-refractivity contribution < 1.29 is 9.13 Å². The Morgan fingerprint density at radius 2 is 1.80 bits per heavy atom. The highest BCUT2D eigenvalue weighted by molar-refractivity contribution is 6.42. The van der Waals surface area contributed by atoms with E-state index in [1.54, 1.807) is 6.07 Å². The predicted octanol–water partition coefficient (Wildman–Crippen LogP) is 7.13. The van der Waals surface area contributed by atoms with E-state index in [1.165, 1.54) is 18.3 Å². The van der Waals surface area contributed by atoms with Crippen LogP contribution >= 0.6 is 34.8 Å². The molecule has 4 heterocycles. The molecule has 4 aromatic rings. The van der Waals surface area contributed by atoms with Gasteiger partial charge in [0.05, 0.1) is 68.5 Å². The Balaban J connectivity index is 1.20. The maximum atomic E-state index is 15.1. The normalized spacial score (nSPS) is 18.1. The van der Waals surface area contributed by atoms with Gasteiger partial charge < -0.3 is 20.8 Å². The smallest absolute Gasteiger partial charge is 0.166 e. The van der Waals surface area contributed by atoms with Crippen molar-refractivity contribution >= 4 is 62.8 Å². The van der Waals surface area contributed by atoms with E-state index in [0.29, 0.717) is 39.4 Å². The van der Waals surface area contributed by atoms with Crippen molar-refractivity contribution in [1.29, 1.82) is 5.26 Å². The Kier molecular flexibility index (Phi) is 8.79. The van der Waals surface area contributed by atoms with E-state index in [0.717, 1.165) is 50.4 Å². The van der Waals surface area contributed by atoms with Crippen molar-refractivity contribution in [2.45, 2.75) is 31.0 Å². The van der Waals surface area contributed by atoms with Crippen LogP contribution < -0.4 is 21.6 Å². The zero-order valence-electron chi connectivity index (χ0n) is 24.5. The number of anilines is 3. The van der Waals surface area contributed by atoms with Crippen molar-refractivity contribution in [2.75, 3.05) is 36.9 Å². The second-order valence-corrected chi connectivity index (χ2v) is 12.7. The molecule has 0 spiro atoms. The third kappa shape index (κ3) is 6.02. The Morgan fingerprint density at radius 1 is 1.02 bits per heavy atom. The van der Waals surface area contributed by atoms with Gasteiger partial charge in [-0.25, -0.2) is 4.39 Å². The summed E-state index contributed by atoms with van der Waals surface area (Å²) in [4.78, 5) is 6.96. The van der Waals surface area contributed by atoms with E-state index < -0.39 is 5.82 Å². The molecular formula is C33H30Cl3FN8O. The third-order valence-corrected chi connectivity index (χ3v) is 9.80. The van der Waals surface area contributed by atoms with Gasteiger partial charge in [-0.15, -0.1) is 5.53 Å². The number of nitrogens with zero attached hydrogens (tertiary/aromatic N) is 4. The monoisotopic (exact) mass is 678 g/mol. The maximum absolute atomic E-state index is 15.1. The highest BCUT2D eigenvalue weighted by atomic mass is 35.5. The van der Waals surface area contributed by atoms with Crippen LogP contribution in [-0.4, -0.2) is 53.3 Å². The number of hydrazine groups is 2. The van der Waals surface area contributed by atoms with Crippen LogP contribution in [0.15, 0.2) is 72.7 Å². The van der Waals surface area contributed by atoms with Crippen LogP contribution in [0.25, 0.3) is 10.9 Å². The minimum atomic E-state index is -0.730. The molecule has 4 N–H and O–H groups in total. The molecule has 236 valence electrons. The molecule has 0 bridgehead atoms. The summed E-state index contributed by atoms with van der Waals surface area (Å²) in [6, 6.07) is 19.4. The van der Waals surface area contributed by atoms with Gasteiger partial charge in [0.1, 0.15) is 6.07 Å². The Hall–Kier alpha value is -3.82. The zero-order valence-corrected chi connectivity index (χ0v) is 26.8. The standard InChI is InChI=1S/C33H30Cl3FN8O/c34-25-6-7-27(30(37)29(25)36)41-31-20(14-38)15-39-33-24(31)12-21(13-26(33)35)40-32(19-4-2-1-3-5-19)28-16-45(43-42-28)22-8-10-44(11-9-22)23-17-46-18-23/h1-7,12-13,15-16,22-23,32,40,42-43H,8-11,17-18H2,(H,39,41)/t32-/m0/s1. The van der Waals surface area contributed by atoms with Crippen molar-refractivity contribution in [3.8, 4) is 6.07 Å². The quantitative estimate of drug-likeness (QED) is 0.145. The lowest BCUT2D eigenvalue weighted by Crippen LogP contribution is -2.55. The molecule has 3 aliphatic rings. The molecule has 46 heavy (non-hydrogen) atoms. The summed E-state index contributed by atoms with van der Waals surface area (Å²) in [6.45, 7) is 3.74. The lowest BCUT2D eigenvalue weighted by atomic mass is 10.0. The second kappa shape index (κ2) is 13.1. The van der Waals surface area contributed by atoms with Crippen LogP contribution in [-0.2, 0) is 4.74 Å². The molecule has 0 amide bonds. The molecular weight excluding hydrogens is 650 g/mol. The zero-order chi connectivity index (χ0) is 31.8. The number of nitrogens with one attached hydrogen (secondary N) is 4. The summed E-state index contributed by atoms with van der Waals surface area (Å²) in [7, 11) is 0. The average molecular weight is 680 g/mol. The first-order valence-electron chi connectivity index (χ1n) is 15.0. The van der Waals surface area contributed by atoms with Crippen molar-refractivity contribution in [3.05, 3.63) is 105 Å². The summed E-state index contributed by atoms with van der Waals surface area (Å²) in [6.07, 6.45) is 5.61. The number of benzene rings is 3. The van der Waals surface area contributed by atoms with E-state index in [9.17, 15) is 5.26 Å². The van der Waals surface area contributed by atoms with Gasteiger partial charge in [0.15, 0.2) is 5.82 Å². The molecule has 2 saturated heterocycles. The van der Waals surface area contributed by atoms with Crippen LogP contribution in [0.2, 0.25) is 15.1 Å². The van der Waals surface area contributed by atoms with Crippen molar-refractivity contribution in [3.63, 3.8) is 0 Å². The van der Waals surface area contributed by atoms with Crippen LogP contribution in [0.4, 0.5) is 21.5 Å². The number of aromatic nitrogens is 1. The lowest BCUT2D eigenvalue weighted by molar-refractivity contribution is -0.0760. The average Bonchev–Trinajstić information content (AvgIpc) is 3.54. The molecule has 13 heteroatoms. The van der Waals surface area contributed by atoms with E-state index in [1.807, 2.05) is 24.3 Å². The number of piperidine rings is 1. The fraction of sp³-hybridized carbons (Fsp3) is 0.273. The number of nitriles is 1. The Morgan fingerprint density at radius 3 is 2.52 bits per heavy atom. The first kappa shape index (κ1) is 30.8. The Bertz CT molecular complexity index is 1840. The predicted molar refractivity (Wildman–Crippen MR) is 179 cm³/mol. The minimum absolute atomic E-state index is 0.0633. The highest BCUT2D eigenvalue weighted by Gasteiger charge is 2.33. The number of fused-ring (bicyclic) bond motifs is 1. The largest absolute Gasteiger partial charge is 0.378 e. The lowest BCUT2D eigenvalue weighted by Gasteiger charge is -2.42. The van der Waals surface area contributed by atoms with Crippen molar-refractivity contribution in [1.82, 2.24) is 25.9 Å². The van der Waals surface area contributed by atoms with Gasteiger partial charge in [0, 0.05) is 42.6 Å². The van der Waals surface area contributed by atoms with Crippen LogP contribution in [0.5, 0.6) is 0 Å². The van der Waals surface area contributed by atoms with E-state index in [4.69, 9.17) is 39.5 Å². The SMILES string of the molecule is N#Cc1cnc2c(Cl)cc(N[C@H](C3=CN(C4CCN(C5COC5)CC4)NN3)c3ccccc3)cc2c1Nc1ccc(Cl)c(Cl)c1F. The van der Waals surface area contributed by atoms with Crippen LogP contribution in [0, 0.1) is 17.1 Å². The first-order chi connectivity index (χ1) is 22.4. The van der Waals surface area contributed by atoms with Gasteiger partial charge in [0.2, 0.25) is 0 Å². The van der Waals surface area contributed by atoms with Gasteiger partial charge in [0.25, 0.3) is 0 Å². The number of ether oxygens (including phenoxy) is 1. The molecule has 1 atom stereocenters. The first-order valence-corrected chi connectivity index (χ1v) is 16.1. The molecule has 0 aliphatic carbocycles. The molecule has 3 aromatic carbocycles. The van der Waals surface area contributed by atoms with Gasteiger partial charge in [-0.1, -0.05) is 65.1 Å². The van der Waals surface area contributed by atoms with Crippen LogP contribution in [0.3, 0.4) is 0 Å². The number of pyridine rings is 1. The maximum Gasteiger partial charge on any atom is 0.166 e. The molecule has 9 nitrogen and oxygen atoms in total. The summed E-state index contributed by atoms with van der Waals surface area (Å²) >= 11 is 18.9. The van der Waals surface area contributed by atoms with Gasteiger partial charge in [-0.05, 0) is 42.7 Å². The van der Waals surface area contributed by atoms with E-state index >= 15 is 4.39 Å². The summed E-state index contributed by atoms with van der Waals surface area (Å²) in [5.74, 6) is -0.730. The fourth-order valence-corrected chi connectivity index (χ4v) is 6.70. The third-order valence-electron chi connectivity index (χ3n) is 8.73. The topological polar surface area (TPSA) is 101 Å². The number of likely N-dealkylation sites (tertiary alicyclic amines) is 1. The van der Waals surface area contributed by atoms with E-state index in [-0.39, 0.29) is 27.3 Å². The number of hydrogen-bond donors (Lipinski definition) is 4. The molecule has 1 aromatic heterocycles. The second-order valence-electron chi connectivity index (χ2n) is 11.5. The molecule has 2 fully saturated rings. The molecule has 0 unspecified atom stereocenters. The molecule has 3 aliphatic heterocycles. The summed E-state index contributed by atoms with van der Waals surface area (Å²) in [5.41, 5.74) is 10.5. The molecule has 0 radical (unpaired) electrons. The Labute approximate surface area is 280 Å². The summed E-state index contributed by atoms with van der Waals surface area (Å²) in [5, 5.41) is 19.5. The van der Waals surface area contributed by atoms with Gasteiger partial charge in [-0.2, -0.15) is 5.26 Å². The van der Waals surface area contributed by atoms with Crippen LogP contribution in [0.1, 0.15) is 30.0 Å². The highest BCUT2D eigenvalue weighted by Crippen LogP contribution is 2.39. The van der Waals surface area contributed by atoms with Gasteiger partial charge in [-0.3, -0.25) is 14.9 Å². The number of halogens is 4. The fourth-order valence-electron chi connectivity index (χ4n) is 6.12. The summed E-state index contributed by atoms with van der Waals surface area (Å²) < 4.78 is 20.5.